The second kappa shape index (κ2) is 9.35. The predicted octanol–water partition coefficient (Wildman–Crippen LogP) is 4.81. The number of fused-ring (bicyclic) bond motifs is 1. The molecule has 7 heteroatoms. The van der Waals surface area contributed by atoms with Gasteiger partial charge in [0.25, 0.3) is 0 Å². The Morgan fingerprint density at radius 1 is 1.26 bits per heavy atom. The molecule has 0 fully saturated rings. The van der Waals surface area contributed by atoms with Gasteiger partial charge in [-0.2, -0.15) is 5.10 Å². The minimum Gasteiger partial charge on any atom is -0.346 e. The Balaban J connectivity index is 1.32. The summed E-state index contributed by atoms with van der Waals surface area (Å²) in [6.45, 7) is 3.82. The first-order valence-electron chi connectivity index (χ1n) is 10.4. The van der Waals surface area contributed by atoms with E-state index in [2.05, 4.69) is 34.0 Å². The van der Waals surface area contributed by atoms with Crippen molar-refractivity contribution in [3.63, 3.8) is 0 Å². The molecule has 0 saturated heterocycles. The zero-order valence-corrected chi connectivity index (χ0v) is 18.5. The second-order valence-corrected chi connectivity index (χ2v) is 8.51. The molecule has 6 nitrogen and oxygen atoms in total. The standard InChI is InChI=1S/C24H26ClN5O/c1-17(8-10-29(2)24(31)13-18-4-3-5-20(25)12-18)16-30-11-9-22-23(30)7-6-21(28-22)19-14-26-27-15-19/h3-7,9,11-12,14-15,17H,8,10,13,16H2,1-2H3,(H,26,27). The summed E-state index contributed by atoms with van der Waals surface area (Å²) in [5, 5.41) is 7.48. The van der Waals surface area contributed by atoms with Gasteiger partial charge in [0, 0.05) is 43.1 Å². The van der Waals surface area contributed by atoms with Gasteiger partial charge in [0.2, 0.25) is 5.91 Å². The molecule has 0 radical (unpaired) electrons. The summed E-state index contributed by atoms with van der Waals surface area (Å²) in [5.74, 6) is 0.530. The number of likely N-dealkylation sites (N-methyl/N-ethyl adjacent to an activating group) is 1. The van der Waals surface area contributed by atoms with E-state index in [9.17, 15) is 4.79 Å². The van der Waals surface area contributed by atoms with Gasteiger partial charge < -0.3 is 9.47 Å². The number of amides is 1. The number of aromatic amines is 1. The third kappa shape index (κ3) is 5.14. The number of rotatable bonds is 8. The van der Waals surface area contributed by atoms with Gasteiger partial charge >= 0.3 is 0 Å². The monoisotopic (exact) mass is 435 g/mol. The summed E-state index contributed by atoms with van der Waals surface area (Å²) in [7, 11) is 1.87. The lowest BCUT2D eigenvalue weighted by molar-refractivity contribution is -0.129. The van der Waals surface area contributed by atoms with Gasteiger partial charge in [-0.15, -0.1) is 0 Å². The molecule has 0 aliphatic heterocycles. The van der Waals surface area contributed by atoms with Gasteiger partial charge in [0.05, 0.1) is 29.3 Å². The fraction of sp³-hybridized carbons (Fsp3) is 0.292. The lowest BCUT2D eigenvalue weighted by Gasteiger charge is -2.20. The van der Waals surface area contributed by atoms with Crippen molar-refractivity contribution in [1.82, 2.24) is 24.6 Å². The molecule has 4 rings (SSSR count). The lowest BCUT2D eigenvalue weighted by Crippen LogP contribution is -2.30. The molecule has 0 aliphatic rings. The molecule has 1 unspecified atom stereocenters. The molecule has 31 heavy (non-hydrogen) atoms. The van der Waals surface area contributed by atoms with Crippen molar-refractivity contribution in [3.05, 3.63) is 71.6 Å². The second-order valence-electron chi connectivity index (χ2n) is 8.07. The minimum atomic E-state index is 0.108. The Labute approximate surface area is 186 Å². The highest BCUT2D eigenvalue weighted by atomic mass is 35.5. The van der Waals surface area contributed by atoms with Gasteiger partial charge in [0.15, 0.2) is 0 Å². The molecule has 0 saturated carbocycles. The van der Waals surface area contributed by atoms with Crippen molar-refractivity contribution in [2.75, 3.05) is 13.6 Å². The number of halogens is 1. The molecule has 0 bridgehead atoms. The van der Waals surface area contributed by atoms with E-state index >= 15 is 0 Å². The SMILES string of the molecule is CC(CCN(C)C(=O)Cc1cccc(Cl)c1)Cn1ccc2nc(-c3cn[nH]c3)ccc21. The van der Waals surface area contributed by atoms with Crippen LogP contribution in [0, 0.1) is 5.92 Å². The van der Waals surface area contributed by atoms with E-state index in [4.69, 9.17) is 16.6 Å². The van der Waals surface area contributed by atoms with Crippen LogP contribution in [0.2, 0.25) is 5.02 Å². The zero-order valence-electron chi connectivity index (χ0n) is 17.8. The lowest BCUT2D eigenvalue weighted by atomic mass is 10.1. The fourth-order valence-corrected chi connectivity index (χ4v) is 3.92. The number of carbonyl (C=O) groups is 1. The fourth-order valence-electron chi connectivity index (χ4n) is 3.71. The molecule has 0 aliphatic carbocycles. The average molecular weight is 436 g/mol. The number of H-pyrrole nitrogens is 1. The predicted molar refractivity (Wildman–Crippen MR) is 124 cm³/mol. The Kier molecular flexibility index (Phi) is 6.37. The van der Waals surface area contributed by atoms with Crippen LogP contribution in [0.3, 0.4) is 0 Å². The van der Waals surface area contributed by atoms with Gasteiger partial charge in [-0.3, -0.25) is 9.89 Å². The van der Waals surface area contributed by atoms with E-state index in [0.717, 1.165) is 47.4 Å². The first-order chi connectivity index (χ1) is 15.0. The first-order valence-corrected chi connectivity index (χ1v) is 10.8. The van der Waals surface area contributed by atoms with Crippen LogP contribution in [0.1, 0.15) is 18.9 Å². The van der Waals surface area contributed by atoms with Crippen molar-refractivity contribution in [2.45, 2.75) is 26.3 Å². The van der Waals surface area contributed by atoms with Crippen molar-refractivity contribution in [2.24, 2.45) is 5.92 Å². The van der Waals surface area contributed by atoms with Crippen LogP contribution in [-0.4, -0.2) is 44.1 Å². The van der Waals surface area contributed by atoms with E-state index in [0.29, 0.717) is 17.4 Å². The Morgan fingerprint density at radius 2 is 2.13 bits per heavy atom. The van der Waals surface area contributed by atoms with E-state index in [-0.39, 0.29) is 5.91 Å². The molecule has 1 amide bonds. The molecule has 1 atom stereocenters. The van der Waals surface area contributed by atoms with E-state index in [1.54, 1.807) is 6.20 Å². The Bertz CT molecular complexity index is 1170. The highest BCUT2D eigenvalue weighted by Crippen LogP contribution is 2.22. The third-order valence-corrected chi connectivity index (χ3v) is 5.79. The number of hydrogen-bond acceptors (Lipinski definition) is 3. The largest absolute Gasteiger partial charge is 0.346 e. The normalized spacial score (nSPS) is 12.2. The first kappa shape index (κ1) is 21.1. The molecule has 1 N–H and O–H groups in total. The molecular weight excluding hydrogens is 410 g/mol. The number of nitrogens with one attached hydrogen (secondary N) is 1. The topological polar surface area (TPSA) is 66.8 Å². The van der Waals surface area contributed by atoms with Crippen LogP contribution < -0.4 is 0 Å². The minimum absolute atomic E-state index is 0.108. The third-order valence-electron chi connectivity index (χ3n) is 5.55. The summed E-state index contributed by atoms with van der Waals surface area (Å²) >= 11 is 6.02. The summed E-state index contributed by atoms with van der Waals surface area (Å²) < 4.78 is 2.24. The number of pyridine rings is 1. The smallest absolute Gasteiger partial charge is 0.226 e. The summed E-state index contributed by atoms with van der Waals surface area (Å²) in [5.41, 5.74) is 4.92. The van der Waals surface area contributed by atoms with Crippen molar-refractivity contribution >= 4 is 28.5 Å². The highest BCUT2D eigenvalue weighted by Gasteiger charge is 2.13. The van der Waals surface area contributed by atoms with Crippen molar-refractivity contribution in [1.29, 1.82) is 0 Å². The van der Waals surface area contributed by atoms with Crippen molar-refractivity contribution < 1.29 is 4.79 Å². The molecule has 1 aromatic carbocycles. The molecule has 0 spiro atoms. The molecule has 4 aromatic rings. The maximum atomic E-state index is 12.5. The van der Waals surface area contributed by atoms with Gasteiger partial charge in [-0.25, -0.2) is 4.98 Å². The van der Waals surface area contributed by atoms with E-state index < -0.39 is 0 Å². The summed E-state index contributed by atoms with van der Waals surface area (Å²) in [6, 6.07) is 13.7. The van der Waals surface area contributed by atoms with Gasteiger partial charge in [-0.05, 0) is 48.2 Å². The highest BCUT2D eigenvalue weighted by molar-refractivity contribution is 6.30. The van der Waals surface area contributed by atoms with Gasteiger partial charge in [-0.1, -0.05) is 30.7 Å². The average Bonchev–Trinajstić information content (AvgIpc) is 3.42. The van der Waals surface area contributed by atoms with Crippen LogP contribution in [0.25, 0.3) is 22.3 Å². The van der Waals surface area contributed by atoms with Crippen LogP contribution in [0.5, 0.6) is 0 Å². The quantitative estimate of drug-likeness (QED) is 0.432. The number of carbonyl (C=O) groups excluding carboxylic acids is 1. The molecule has 160 valence electrons. The number of benzene rings is 1. The Morgan fingerprint density at radius 3 is 2.90 bits per heavy atom. The van der Waals surface area contributed by atoms with Crippen LogP contribution in [0.15, 0.2) is 61.1 Å². The number of nitrogens with zero attached hydrogens (tertiary/aromatic N) is 4. The zero-order chi connectivity index (χ0) is 21.8. The van der Waals surface area contributed by atoms with Crippen LogP contribution >= 0.6 is 11.6 Å². The number of hydrogen-bond donors (Lipinski definition) is 1. The molecule has 3 heterocycles. The van der Waals surface area contributed by atoms with E-state index in [1.807, 2.05) is 54.5 Å². The Hall–Kier alpha value is -3.12. The van der Waals surface area contributed by atoms with Gasteiger partial charge in [0.1, 0.15) is 0 Å². The van der Waals surface area contributed by atoms with Crippen molar-refractivity contribution in [3.8, 4) is 11.3 Å². The maximum absolute atomic E-state index is 12.5. The summed E-state index contributed by atoms with van der Waals surface area (Å²) in [4.78, 5) is 19.1. The van der Waals surface area contributed by atoms with Crippen LogP contribution in [0.4, 0.5) is 0 Å². The van der Waals surface area contributed by atoms with Crippen LogP contribution in [-0.2, 0) is 17.8 Å². The maximum Gasteiger partial charge on any atom is 0.226 e. The molecule has 3 aromatic heterocycles. The summed E-state index contributed by atoms with van der Waals surface area (Å²) in [6.07, 6.45) is 7.01. The number of aromatic nitrogens is 4. The van der Waals surface area contributed by atoms with E-state index in [1.165, 1.54) is 0 Å². The molecular formula is C24H26ClN5O.